The van der Waals surface area contributed by atoms with Gasteiger partial charge in [0.25, 0.3) is 0 Å². The van der Waals surface area contributed by atoms with Crippen molar-refractivity contribution < 1.29 is 14.6 Å². The largest absolute Gasteiger partial charge is 0.486 e. The average Bonchev–Trinajstić information content (AvgIpc) is 2.29. The molecule has 1 aliphatic rings. The SMILES string of the molecule is OCCNCc1ccc2c(c1)OCCO2. The highest BCUT2D eigenvalue weighted by Gasteiger charge is 2.11. The van der Waals surface area contributed by atoms with Crippen molar-refractivity contribution in [1.82, 2.24) is 5.32 Å². The molecule has 0 aliphatic carbocycles. The molecule has 0 fully saturated rings. The van der Waals surface area contributed by atoms with Crippen molar-refractivity contribution in [2.75, 3.05) is 26.4 Å². The summed E-state index contributed by atoms with van der Waals surface area (Å²) in [6.07, 6.45) is 0. The molecular weight excluding hydrogens is 194 g/mol. The van der Waals surface area contributed by atoms with E-state index in [1.54, 1.807) is 0 Å². The first-order valence-corrected chi connectivity index (χ1v) is 5.10. The van der Waals surface area contributed by atoms with Crippen molar-refractivity contribution in [2.24, 2.45) is 0 Å². The lowest BCUT2D eigenvalue weighted by Gasteiger charge is -2.18. The molecule has 0 spiro atoms. The highest BCUT2D eigenvalue weighted by Crippen LogP contribution is 2.30. The number of fused-ring (bicyclic) bond motifs is 1. The zero-order valence-corrected chi connectivity index (χ0v) is 8.53. The first-order chi connectivity index (χ1) is 7.40. The van der Waals surface area contributed by atoms with Crippen LogP contribution in [-0.4, -0.2) is 31.5 Å². The fourth-order valence-corrected chi connectivity index (χ4v) is 1.51. The Hall–Kier alpha value is -1.26. The predicted molar refractivity (Wildman–Crippen MR) is 56.2 cm³/mol. The molecule has 0 atom stereocenters. The Bertz CT molecular complexity index is 328. The van der Waals surface area contributed by atoms with Gasteiger partial charge in [-0.3, -0.25) is 0 Å². The summed E-state index contributed by atoms with van der Waals surface area (Å²) in [5, 5.41) is 11.7. The van der Waals surface area contributed by atoms with Crippen molar-refractivity contribution in [3.8, 4) is 11.5 Å². The standard InChI is InChI=1S/C11H15NO3/c13-4-3-12-8-9-1-2-10-11(7-9)15-6-5-14-10/h1-2,7,12-13H,3-6,8H2. The van der Waals surface area contributed by atoms with Crippen molar-refractivity contribution in [3.63, 3.8) is 0 Å². The molecule has 4 nitrogen and oxygen atoms in total. The van der Waals surface area contributed by atoms with Gasteiger partial charge in [-0.25, -0.2) is 0 Å². The quantitative estimate of drug-likeness (QED) is 0.711. The molecule has 0 saturated heterocycles. The second-order valence-corrected chi connectivity index (χ2v) is 3.38. The van der Waals surface area contributed by atoms with Crippen LogP contribution in [0, 0.1) is 0 Å². The molecule has 2 rings (SSSR count). The van der Waals surface area contributed by atoms with E-state index in [-0.39, 0.29) is 6.61 Å². The third kappa shape index (κ3) is 2.61. The lowest BCUT2D eigenvalue weighted by molar-refractivity contribution is 0.171. The Morgan fingerprint density at radius 3 is 2.80 bits per heavy atom. The zero-order valence-electron chi connectivity index (χ0n) is 8.53. The minimum absolute atomic E-state index is 0.157. The van der Waals surface area contributed by atoms with Gasteiger partial charge in [0.05, 0.1) is 6.61 Å². The Balaban J connectivity index is 2.00. The van der Waals surface area contributed by atoms with E-state index in [1.165, 1.54) is 0 Å². The van der Waals surface area contributed by atoms with Gasteiger partial charge in [0.15, 0.2) is 11.5 Å². The molecule has 0 bridgehead atoms. The third-order valence-corrected chi connectivity index (χ3v) is 2.22. The van der Waals surface area contributed by atoms with E-state index < -0.39 is 0 Å². The molecule has 0 amide bonds. The molecule has 0 saturated carbocycles. The summed E-state index contributed by atoms with van der Waals surface area (Å²) in [6, 6.07) is 5.89. The first kappa shape index (κ1) is 10.3. The molecule has 1 heterocycles. The smallest absolute Gasteiger partial charge is 0.161 e. The summed E-state index contributed by atoms with van der Waals surface area (Å²) in [5.74, 6) is 1.62. The summed E-state index contributed by atoms with van der Waals surface area (Å²) in [5.41, 5.74) is 1.13. The van der Waals surface area contributed by atoms with Gasteiger partial charge in [-0.2, -0.15) is 0 Å². The highest BCUT2D eigenvalue weighted by atomic mass is 16.6. The van der Waals surface area contributed by atoms with Crippen LogP contribution in [0.25, 0.3) is 0 Å². The van der Waals surface area contributed by atoms with Crippen molar-refractivity contribution >= 4 is 0 Å². The van der Waals surface area contributed by atoms with E-state index in [2.05, 4.69) is 5.32 Å². The van der Waals surface area contributed by atoms with Gasteiger partial charge >= 0.3 is 0 Å². The highest BCUT2D eigenvalue weighted by molar-refractivity contribution is 5.43. The van der Waals surface area contributed by atoms with Gasteiger partial charge in [-0.05, 0) is 17.7 Å². The van der Waals surface area contributed by atoms with E-state index in [0.717, 1.165) is 23.6 Å². The molecule has 2 N–H and O–H groups in total. The predicted octanol–water partition coefficient (Wildman–Crippen LogP) is 0.540. The van der Waals surface area contributed by atoms with Crippen LogP contribution in [-0.2, 0) is 6.54 Å². The van der Waals surface area contributed by atoms with Gasteiger partial charge in [-0.1, -0.05) is 6.07 Å². The molecule has 82 valence electrons. The fraction of sp³-hybridized carbons (Fsp3) is 0.455. The van der Waals surface area contributed by atoms with E-state index >= 15 is 0 Å². The number of hydrogen-bond donors (Lipinski definition) is 2. The Labute approximate surface area is 88.8 Å². The number of hydrogen-bond acceptors (Lipinski definition) is 4. The normalized spacial score (nSPS) is 13.9. The van der Waals surface area contributed by atoms with Gasteiger partial charge in [0, 0.05) is 13.1 Å². The summed E-state index contributed by atoms with van der Waals surface area (Å²) in [7, 11) is 0. The Kier molecular flexibility index (Phi) is 3.42. The Morgan fingerprint density at radius 2 is 2.00 bits per heavy atom. The molecule has 4 heteroatoms. The number of nitrogens with one attached hydrogen (secondary N) is 1. The van der Waals surface area contributed by atoms with Crippen LogP contribution < -0.4 is 14.8 Å². The van der Waals surface area contributed by atoms with E-state index in [0.29, 0.717) is 19.8 Å². The summed E-state index contributed by atoms with van der Waals surface area (Å²) < 4.78 is 10.9. The van der Waals surface area contributed by atoms with Crippen molar-refractivity contribution in [1.29, 1.82) is 0 Å². The molecule has 1 aliphatic heterocycles. The average molecular weight is 209 g/mol. The van der Waals surface area contributed by atoms with Gasteiger partial charge in [-0.15, -0.1) is 0 Å². The van der Waals surface area contributed by atoms with Crippen molar-refractivity contribution in [2.45, 2.75) is 6.54 Å². The van der Waals surface area contributed by atoms with Crippen LogP contribution in [0.3, 0.4) is 0 Å². The molecule has 0 unspecified atom stereocenters. The van der Waals surface area contributed by atoms with Crippen LogP contribution >= 0.6 is 0 Å². The van der Waals surface area contributed by atoms with E-state index in [4.69, 9.17) is 14.6 Å². The van der Waals surface area contributed by atoms with Gasteiger partial charge in [0.2, 0.25) is 0 Å². The summed E-state index contributed by atoms with van der Waals surface area (Å²) in [6.45, 7) is 2.73. The molecule has 1 aromatic carbocycles. The maximum atomic E-state index is 8.63. The summed E-state index contributed by atoms with van der Waals surface area (Å²) in [4.78, 5) is 0. The number of rotatable bonds is 4. The second-order valence-electron chi connectivity index (χ2n) is 3.38. The summed E-state index contributed by atoms with van der Waals surface area (Å²) >= 11 is 0. The lowest BCUT2D eigenvalue weighted by Crippen LogP contribution is -2.18. The van der Waals surface area contributed by atoms with Crippen LogP contribution in [0.2, 0.25) is 0 Å². The molecule has 0 aromatic heterocycles. The number of ether oxygens (including phenoxy) is 2. The van der Waals surface area contributed by atoms with E-state index in [1.807, 2.05) is 18.2 Å². The van der Waals surface area contributed by atoms with Crippen molar-refractivity contribution in [3.05, 3.63) is 23.8 Å². The fourth-order valence-electron chi connectivity index (χ4n) is 1.51. The zero-order chi connectivity index (χ0) is 10.5. The topological polar surface area (TPSA) is 50.7 Å². The van der Waals surface area contributed by atoms with Crippen LogP contribution in [0.5, 0.6) is 11.5 Å². The Morgan fingerprint density at radius 1 is 1.20 bits per heavy atom. The maximum Gasteiger partial charge on any atom is 0.161 e. The monoisotopic (exact) mass is 209 g/mol. The first-order valence-electron chi connectivity index (χ1n) is 5.10. The third-order valence-electron chi connectivity index (χ3n) is 2.22. The van der Waals surface area contributed by atoms with Crippen LogP contribution in [0.15, 0.2) is 18.2 Å². The van der Waals surface area contributed by atoms with Gasteiger partial charge < -0.3 is 19.9 Å². The maximum absolute atomic E-state index is 8.63. The molecular formula is C11H15NO3. The number of aliphatic hydroxyl groups excluding tert-OH is 1. The minimum Gasteiger partial charge on any atom is -0.486 e. The lowest BCUT2D eigenvalue weighted by atomic mass is 10.2. The number of benzene rings is 1. The second kappa shape index (κ2) is 5.00. The molecule has 15 heavy (non-hydrogen) atoms. The van der Waals surface area contributed by atoms with E-state index in [9.17, 15) is 0 Å². The van der Waals surface area contributed by atoms with Crippen LogP contribution in [0.4, 0.5) is 0 Å². The minimum atomic E-state index is 0.157. The number of aliphatic hydroxyl groups is 1. The molecule has 0 radical (unpaired) electrons. The molecule has 1 aromatic rings. The van der Waals surface area contributed by atoms with Crippen LogP contribution in [0.1, 0.15) is 5.56 Å². The van der Waals surface area contributed by atoms with Gasteiger partial charge in [0.1, 0.15) is 13.2 Å².